The van der Waals surface area contributed by atoms with Crippen LogP contribution in [0.1, 0.15) is 12.5 Å². The smallest absolute Gasteiger partial charge is 0.330 e. The average molecular weight is 236 g/mol. The molecule has 2 N–H and O–H groups in total. The number of hydrogen-bond acceptors (Lipinski definition) is 5. The summed E-state index contributed by atoms with van der Waals surface area (Å²) in [7, 11) is 0. The number of benzene rings is 1. The molecule has 0 aliphatic carbocycles. The number of nitro benzene ring substituents is 1. The fourth-order valence-electron chi connectivity index (χ4n) is 1.22. The number of ether oxygens (including phenoxy) is 1. The third-order valence-electron chi connectivity index (χ3n) is 1.93. The lowest BCUT2D eigenvalue weighted by atomic mass is 10.1. The zero-order chi connectivity index (χ0) is 12.8. The Bertz CT molecular complexity index is 469. The molecule has 0 aliphatic rings. The van der Waals surface area contributed by atoms with Crippen molar-refractivity contribution in [2.75, 3.05) is 12.3 Å². The maximum absolute atomic E-state index is 11.1. The fourth-order valence-corrected chi connectivity index (χ4v) is 1.22. The summed E-state index contributed by atoms with van der Waals surface area (Å²) in [6, 6.07) is 4.15. The lowest BCUT2D eigenvalue weighted by Gasteiger charge is -1.99. The van der Waals surface area contributed by atoms with Crippen LogP contribution in [-0.4, -0.2) is 17.5 Å². The van der Waals surface area contributed by atoms with E-state index in [0.717, 1.165) is 6.08 Å². The number of carbonyl (C=O) groups excluding carboxylic acids is 1. The SMILES string of the molecule is CCOC(=O)C=Cc1cc(N)ccc1[N+](=O)[O-]. The van der Waals surface area contributed by atoms with E-state index in [4.69, 9.17) is 5.73 Å². The summed E-state index contributed by atoms with van der Waals surface area (Å²) < 4.78 is 4.67. The van der Waals surface area contributed by atoms with Crippen LogP contribution < -0.4 is 5.73 Å². The molecule has 17 heavy (non-hydrogen) atoms. The second kappa shape index (κ2) is 5.64. The molecule has 0 amide bonds. The molecule has 0 bridgehead atoms. The predicted octanol–water partition coefficient (Wildman–Crippen LogP) is 1.75. The summed E-state index contributed by atoms with van der Waals surface area (Å²) in [6.07, 6.45) is 2.44. The first kappa shape index (κ1) is 12.7. The Kier molecular flexibility index (Phi) is 4.21. The van der Waals surface area contributed by atoms with Crippen molar-refractivity contribution in [3.05, 3.63) is 40.0 Å². The number of carbonyl (C=O) groups is 1. The topological polar surface area (TPSA) is 95.5 Å². The van der Waals surface area contributed by atoms with Crippen LogP contribution in [-0.2, 0) is 9.53 Å². The summed E-state index contributed by atoms with van der Waals surface area (Å²) in [4.78, 5) is 21.3. The van der Waals surface area contributed by atoms with Crippen molar-refractivity contribution in [2.24, 2.45) is 0 Å². The predicted molar refractivity (Wildman–Crippen MR) is 63.2 cm³/mol. The van der Waals surface area contributed by atoms with Gasteiger partial charge in [-0.05, 0) is 25.1 Å². The first-order valence-electron chi connectivity index (χ1n) is 4.93. The van der Waals surface area contributed by atoms with Gasteiger partial charge in [-0.15, -0.1) is 0 Å². The molecule has 1 rings (SSSR count). The van der Waals surface area contributed by atoms with Gasteiger partial charge in [0.15, 0.2) is 0 Å². The van der Waals surface area contributed by atoms with Gasteiger partial charge in [-0.2, -0.15) is 0 Å². The van der Waals surface area contributed by atoms with Crippen LogP contribution in [0.3, 0.4) is 0 Å². The van der Waals surface area contributed by atoms with Gasteiger partial charge >= 0.3 is 5.97 Å². The van der Waals surface area contributed by atoms with E-state index >= 15 is 0 Å². The van der Waals surface area contributed by atoms with Gasteiger partial charge in [0.05, 0.1) is 17.1 Å². The summed E-state index contributed by atoms with van der Waals surface area (Å²) >= 11 is 0. The maximum Gasteiger partial charge on any atom is 0.330 e. The van der Waals surface area contributed by atoms with E-state index < -0.39 is 10.9 Å². The second-order valence-electron chi connectivity index (χ2n) is 3.16. The number of hydrogen-bond donors (Lipinski definition) is 1. The molecule has 0 aliphatic heterocycles. The first-order valence-corrected chi connectivity index (χ1v) is 4.93. The Balaban J connectivity index is 3.00. The van der Waals surface area contributed by atoms with Crippen molar-refractivity contribution >= 4 is 23.4 Å². The molecule has 1 aromatic carbocycles. The Hall–Kier alpha value is -2.37. The minimum absolute atomic E-state index is 0.111. The molecule has 1 aromatic rings. The Morgan fingerprint density at radius 1 is 1.59 bits per heavy atom. The number of esters is 1. The molecule has 0 radical (unpaired) electrons. The number of nitro groups is 1. The Morgan fingerprint density at radius 3 is 2.88 bits per heavy atom. The summed E-state index contributed by atoms with van der Waals surface area (Å²) in [5.74, 6) is -0.552. The third kappa shape index (κ3) is 3.60. The average Bonchev–Trinajstić information content (AvgIpc) is 2.26. The number of rotatable bonds is 4. The van der Waals surface area contributed by atoms with Crippen molar-refractivity contribution in [1.29, 1.82) is 0 Å². The second-order valence-corrected chi connectivity index (χ2v) is 3.16. The number of nitrogens with zero attached hydrogens (tertiary/aromatic N) is 1. The molecule has 0 atom stereocenters. The van der Waals surface area contributed by atoms with E-state index in [1.165, 1.54) is 24.3 Å². The first-order chi connectivity index (χ1) is 8.04. The van der Waals surface area contributed by atoms with Crippen molar-refractivity contribution < 1.29 is 14.5 Å². The molecule has 0 spiro atoms. The van der Waals surface area contributed by atoms with Crippen molar-refractivity contribution in [1.82, 2.24) is 0 Å². The van der Waals surface area contributed by atoms with Crippen LogP contribution in [0, 0.1) is 10.1 Å². The highest BCUT2D eigenvalue weighted by atomic mass is 16.6. The highest BCUT2D eigenvalue weighted by Crippen LogP contribution is 2.22. The third-order valence-corrected chi connectivity index (χ3v) is 1.93. The van der Waals surface area contributed by atoms with Gasteiger partial charge in [-0.1, -0.05) is 0 Å². The Morgan fingerprint density at radius 2 is 2.29 bits per heavy atom. The molecular weight excluding hydrogens is 224 g/mol. The van der Waals surface area contributed by atoms with Gasteiger partial charge < -0.3 is 10.5 Å². The summed E-state index contributed by atoms with van der Waals surface area (Å²) in [6.45, 7) is 1.93. The highest BCUT2D eigenvalue weighted by molar-refractivity contribution is 5.88. The van der Waals surface area contributed by atoms with Crippen LogP contribution in [0.25, 0.3) is 6.08 Å². The van der Waals surface area contributed by atoms with Crippen LogP contribution in [0.2, 0.25) is 0 Å². The molecule has 0 saturated heterocycles. The zero-order valence-corrected chi connectivity index (χ0v) is 9.25. The van der Waals surface area contributed by atoms with Gasteiger partial charge in [-0.25, -0.2) is 4.79 Å². The minimum Gasteiger partial charge on any atom is -0.463 e. The standard InChI is InChI=1S/C11H12N2O4/c1-2-17-11(14)6-3-8-7-9(12)4-5-10(8)13(15)16/h3-7H,2,12H2,1H3. The quantitative estimate of drug-likeness (QED) is 0.282. The lowest BCUT2D eigenvalue weighted by Crippen LogP contribution is -1.99. The number of nitrogen functional groups attached to an aromatic ring is 1. The van der Waals surface area contributed by atoms with E-state index in [2.05, 4.69) is 4.74 Å². The fraction of sp³-hybridized carbons (Fsp3) is 0.182. The molecule has 6 nitrogen and oxygen atoms in total. The monoisotopic (exact) mass is 236 g/mol. The van der Waals surface area contributed by atoms with Gasteiger partial charge in [0.1, 0.15) is 0 Å². The van der Waals surface area contributed by atoms with E-state index in [1.807, 2.05) is 0 Å². The minimum atomic E-state index is -0.552. The van der Waals surface area contributed by atoms with Gasteiger partial charge in [0.25, 0.3) is 5.69 Å². The van der Waals surface area contributed by atoms with Crippen LogP contribution in [0.4, 0.5) is 11.4 Å². The molecule has 0 heterocycles. The molecular formula is C11H12N2O4. The van der Waals surface area contributed by atoms with Crippen molar-refractivity contribution in [3.8, 4) is 0 Å². The zero-order valence-electron chi connectivity index (χ0n) is 9.25. The number of nitrogens with two attached hydrogens (primary N) is 1. The normalized spacial score (nSPS) is 10.4. The summed E-state index contributed by atoms with van der Waals surface area (Å²) in [5.41, 5.74) is 6.06. The number of anilines is 1. The molecule has 0 aromatic heterocycles. The van der Waals surface area contributed by atoms with E-state index in [9.17, 15) is 14.9 Å². The van der Waals surface area contributed by atoms with Gasteiger partial charge in [0, 0.05) is 17.8 Å². The van der Waals surface area contributed by atoms with E-state index in [-0.39, 0.29) is 17.9 Å². The molecule has 0 unspecified atom stereocenters. The van der Waals surface area contributed by atoms with Crippen molar-refractivity contribution in [3.63, 3.8) is 0 Å². The molecule has 90 valence electrons. The molecule has 0 fully saturated rings. The van der Waals surface area contributed by atoms with Gasteiger partial charge in [-0.3, -0.25) is 10.1 Å². The van der Waals surface area contributed by atoms with Gasteiger partial charge in [0.2, 0.25) is 0 Å². The van der Waals surface area contributed by atoms with E-state index in [1.54, 1.807) is 6.92 Å². The molecule has 0 saturated carbocycles. The Labute approximate surface area is 97.8 Å². The van der Waals surface area contributed by atoms with Crippen LogP contribution in [0.15, 0.2) is 24.3 Å². The largest absolute Gasteiger partial charge is 0.463 e. The maximum atomic E-state index is 11.1. The van der Waals surface area contributed by atoms with Crippen molar-refractivity contribution in [2.45, 2.75) is 6.92 Å². The highest BCUT2D eigenvalue weighted by Gasteiger charge is 2.11. The summed E-state index contributed by atoms with van der Waals surface area (Å²) in [5, 5.41) is 10.7. The van der Waals surface area contributed by atoms with Crippen LogP contribution >= 0.6 is 0 Å². The van der Waals surface area contributed by atoms with Crippen LogP contribution in [0.5, 0.6) is 0 Å². The lowest BCUT2D eigenvalue weighted by molar-refractivity contribution is -0.385. The van der Waals surface area contributed by atoms with E-state index in [0.29, 0.717) is 5.69 Å². The molecule has 6 heteroatoms.